The quantitative estimate of drug-likeness (QED) is 0.692. The van der Waals surface area contributed by atoms with Gasteiger partial charge in [0, 0.05) is 23.9 Å². The predicted octanol–water partition coefficient (Wildman–Crippen LogP) is 3.13. The minimum atomic E-state index is -0.350. The molecule has 3 rings (SSSR count). The van der Waals surface area contributed by atoms with Gasteiger partial charge in [0.2, 0.25) is 0 Å². The van der Waals surface area contributed by atoms with E-state index < -0.39 is 0 Å². The number of ether oxygens (including phenoxy) is 1. The third-order valence-corrected chi connectivity index (χ3v) is 3.93. The van der Waals surface area contributed by atoms with Crippen molar-refractivity contribution in [1.82, 2.24) is 5.32 Å². The van der Waals surface area contributed by atoms with E-state index in [4.69, 9.17) is 4.74 Å². The molecule has 1 aliphatic heterocycles. The third-order valence-electron chi connectivity index (χ3n) is 3.93. The molecule has 0 saturated carbocycles. The van der Waals surface area contributed by atoms with Crippen LogP contribution >= 0.6 is 0 Å². The maximum absolute atomic E-state index is 11.1. The Hall–Kier alpha value is -2.14. The van der Waals surface area contributed by atoms with Gasteiger partial charge < -0.3 is 10.1 Å². The van der Waals surface area contributed by atoms with Crippen LogP contribution in [0.2, 0.25) is 0 Å². The van der Waals surface area contributed by atoms with Crippen LogP contribution in [0.5, 0.6) is 5.75 Å². The molecule has 1 saturated heterocycles. The zero-order valence-electron chi connectivity index (χ0n) is 11.7. The lowest BCUT2D eigenvalue weighted by atomic mass is 10.0. The predicted molar refractivity (Wildman–Crippen MR) is 81.7 cm³/mol. The number of nitro groups is 1. The normalized spacial score (nSPS) is 18.6. The summed E-state index contributed by atoms with van der Waals surface area (Å²) in [5.41, 5.74) is 0.122. The first kappa shape index (κ1) is 13.8. The number of hydrogen-bond acceptors (Lipinski definition) is 4. The molecule has 1 atom stereocenters. The standard InChI is InChI=1S/C16H18N2O3/c19-18(20)15-7-8-16(14-6-2-1-5-13(14)15)21-11-12-4-3-9-17-10-12/h1-2,5-8,12,17H,3-4,9-11H2. The van der Waals surface area contributed by atoms with Crippen molar-refractivity contribution in [1.29, 1.82) is 0 Å². The van der Waals surface area contributed by atoms with E-state index in [1.807, 2.05) is 18.2 Å². The van der Waals surface area contributed by atoms with Gasteiger partial charge in [-0.2, -0.15) is 0 Å². The molecular weight excluding hydrogens is 268 g/mol. The van der Waals surface area contributed by atoms with Crippen LogP contribution in [0.4, 0.5) is 5.69 Å². The van der Waals surface area contributed by atoms with Gasteiger partial charge in [0.25, 0.3) is 5.69 Å². The number of nitro benzene ring substituents is 1. The number of fused-ring (bicyclic) bond motifs is 1. The van der Waals surface area contributed by atoms with E-state index in [0.29, 0.717) is 17.9 Å². The van der Waals surface area contributed by atoms with Gasteiger partial charge in [-0.15, -0.1) is 0 Å². The highest BCUT2D eigenvalue weighted by Gasteiger charge is 2.17. The van der Waals surface area contributed by atoms with Gasteiger partial charge in [0.05, 0.1) is 16.9 Å². The summed E-state index contributed by atoms with van der Waals surface area (Å²) in [6, 6.07) is 10.6. The SMILES string of the molecule is O=[N+]([O-])c1ccc(OCC2CCCNC2)c2ccccc12. The summed E-state index contributed by atoms with van der Waals surface area (Å²) in [7, 11) is 0. The zero-order valence-corrected chi connectivity index (χ0v) is 11.7. The number of nitrogens with one attached hydrogen (secondary N) is 1. The van der Waals surface area contributed by atoms with Crippen LogP contribution in [-0.2, 0) is 0 Å². The molecule has 1 aliphatic rings. The maximum atomic E-state index is 11.1. The number of hydrogen-bond donors (Lipinski definition) is 1. The van der Waals surface area contributed by atoms with Crippen molar-refractivity contribution >= 4 is 16.5 Å². The lowest BCUT2D eigenvalue weighted by Gasteiger charge is -2.23. The van der Waals surface area contributed by atoms with E-state index in [1.165, 1.54) is 12.5 Å². The second kappa shape index (κ2) is 6.10. The molecule has 1 N–H and O–H groups in total. The summed E-state index contributed by atoms with van der Waals surface area (Å²) >= 11 is 0. The van der Waals surface area contributed by atoms with Crippen LogP contribution in [-0.4, -0.2) is 24.6 Å². The molecule has 2 aromatic carbocycles. The Morgan fingerprint density at radius 1 is 1.24 bits per heavy atom. The largest absolute Gasteiger partial charge is 0.493 e. The van der Waals surface area contributed by atoms with E-state index in [-0.39, 0.29) is 10.6 Å². The van der Waals surface area contributed by atoms with Gasteiger partial charge in [-0.05, 0) is 31.5 Å². The lowest BCUT2D eigenvalue weighted by molar-refractivity contribution is -0.383. The molecule has 0 amide bonds. The second-order valence-corrected chi connectivity index (χ2v) is 5.41. The van der Waals surface area contributed by atoms with Crippen LogP contribution in [0.3, 0.4) is 0 Å². The van der Waals surface area contributed by atoms with Crippen molar-refractivity contribution in [2.24, 2.45) is 5.92 Å². The molecule has 2 aromatic rings. The monoisotopic (exact) mass is 286 g/mol. The fourth-order valence-electron chi connectivity index (χ4n) is 2.81. The Morgan fingerprint density at radius 2 is 2.05 bits per heavy atom. The van der Waals surface area contributed by atoms with Crippen LogP contribution in [0, 0.1) is 16.0 Å². The maximum Gasteiger partial charge on any atom is 0.277 e. The fraction of sp³-hybridized carbons (Fsp3) is 0.375. The second-order valence-electron chi connectivity index (χ2n) is 5.41. The van der Waals surface area contributed by atoms with Gasteiger partial charge in [-0.25, -0.2) is 0 Å². The minimum absolute atomic E-state index is 0.122. The Balaban J connectivity index is 1.85. The average molecular weight is 286 g/mol. The van der Waals surface area contributed by atoms with Crippen molar-refractivity contribution in [3.63, 3.8) is 0 Å². The van der Waals surface area contributed by atoms with E-state index in [0.717, 1.165) is 30.6 Å². The first-order chi connectivity index (χ1) is 10.3. The molecule has 0 aliphatic carbocycles. The fourth-order valence-corrected chi connectivity index (χ4v) is 2.81. The van der Waals surface area contributed by atoms with Gasteiger partial charge >= 0.3 is 0 Å². The molecule has 110 valence electrons. The number of rotatable bonds is 4. The molecule has 5 nitrogen and oxygen atoms in total. The molecule has 0 radical (unpaired) electrons. The highest BCUT2D eigenvalue weighted by atomic mass is 16.6. The summed E-state index contributed by atoms with van der Waals surface area (Å²) in [6.07, 6.45) is 2.34. The Morgan fingerprint density at radius 3 is 2.76 bits per heavy atom. The molecule has 0 aromatic heterocycles. The topological polar surface area (TPSA) is 64.4 Å². The highest BCUT2D eigenvalue weighted by molar-refractivity contribution is 5.95. The lowest BCUT2D eigenvalue weighted by Crippen LogP contribution is -2.33. The first-order valence-electron chi connectivity index (χ1n) is 7.25. The summed E-state index contributed by atoms with van der Waals surface area (Å²) in [6.45, 7) is 2.71. The Kier molecular flexibility index (Phi) is 4.01. The third kappa shape index (κ3) is 2.97. The Bertz CT molecular complexity index is 651. The van der Waals surface area contributed by atoms with Crippen molar-refractivity contribution in [3.05, 3.63) is 46.5 Å². The van der Waals surface area contributed by atoms with E-state index in [1.54, 1.807) is 12.1 Å². The van der Waals surface area contributed by atoms with Crippen LogP contribution < -0.4 is 10.1 Å². The van der Waals surface area contributed by atoms with Crippen molar-refractivity contribution in [3.8, 4) is 5.75 Å². The summed E-state index contributed by atoms with van der Waals surface area (Å²) in [5, 5.41) is 15.9. The molecular formula is C16H18N2O3. The summed E-state index contributed by atoms with van der Waals surface area (Å²) in [4.78, 5) is 10.7. The molecule has 1 fully saturated rings. The number of piperidine rings is 1. The smallest absolute Gasteiger partial charge is 0.277 e. The van der Waals surface area contributed by atoms with Crippen LogP contribution in [0.1, 0.15) is 12.8 Å². The van der Waals surface area contributed by atoms with E-state index >= 15 is 0 Å². The zero-order chi connectivity index (χ0) is 14.7. The van der Waals surface area contributed by atoms with Gasteiger partial charge in [0.15, 0.2) is 0 Å². The molecule has 1 heterocycles. The summed E-state index contributed by atoms with van der Waals surface area (Å²) < 4.78 is 5.93. The van der Waals surface area contributed by atoms with Crippen molar-refractivity contribution in [2.75, 3.05) is 19.7 Å². The molecule has 1 unspecified atom stereocenters. The number of nitrogens with zero attached hydrogens (tertiary/aromatic N) is 1. The highest BCUT2D eigenvalue weighted by Crippen LogP contribution is 2.33. The van der Waals surface area contributed by atoms with E-state index in [2.05, 4.69) is 5.32 Å². The molecule has 21 heavy (non-hydrogen) atoms. The van der Waals surface area contributed by atoms with Crippen LogP contribution in [0.15, 0.2) is 36.4 Å². The number of non-ortho nitro benzene ring substituents is 1. The first-order valence-corrected chi connectivity index (χ1v) is 7.25. The van der Waals surface area contributed by atoms with E-state index in [9.17, 15) is 10.1 Å². The van der Waals surface area contributed by atoms with Crippen molar-refractivity contribution < 1.29 is 9.66 Å². The van der Waals surface area contributed by atoms with Gasteiger partial charge in [0.1, 0.15) is 5.75 Å². The summed E-state index contributed by atoms with van der Waals surface area (Å²) in [5.74, 6) is 1.23. The van der Waals surface area contributed by atoms with Crippen molar-refractivity contribution in [2.45, 2.75) is 12.8 Å². The molecule has 0 bridgehead atoms. The molecule has 5 heteroatoms. The van der Waals surface area contributed by atoms with Gasteiger partial charge in [-0.3, -0.25) is 10.1 Å². The average Bonchev–Trinajstić information content (AvgIpc) is 2.53. The molecule has 0 spiro atoms. The minimum Gasteiger partial charge on any atom is -0.493 e. The Labute approximate surface area is 123 Å². The van der Waals surface area contributed by atoms with Crippen LogP contribution in [0.25, 0.3) is 10.8 Å². The number of benzene rings is 2. The van der Waals surface area contributed by atoms with Gasteiger partial charge in [-0.1, -0.05) is 18.2 Å².